The van der Waals surface area contributed by atoms with Gasteiger partial charge in [-0.25, -0.2) is 4.79 Å². The smallest absolute Gasteiger partial charge is 0.341 e. The number of thioether (sulfide) groups is 1. The van der Waals surface area contributed by atoms with Gasteiger partial charge in [0.25, 0.3) is 0 Å². The fraction of sp³-hybridized carbons (Fsp3) is 0.364. The second kappa shape index (κ2) is 8.24. The number of aryl methyl sites for hydroxylation is 2. The van der Waals surface area contributed by atoms with Crippen LogP contribution in [0.4, 0.5) is 5.00 Å². The Morgan fingerprint density at radius 2 is 2.10 bits per heavy atom. The molecule has 29 heavy (non-hydrogen) atoms. The summed E-state index contributed by atoms with van der Waals surface area (Å²) in [5, 5.41) is 4.45. The van der Waals surface area contributed by atoms with Gasteiger partial charge in [0.1, 0.15) is 5.00 Å². The van der Waals surface area contributed by atoms with Crippen molar-refractivity contribution in [2.45, 2.75) is 50.2 Å². The molecular formula is C22H24N2O3S2. The van der Waals surface area contributed by atoms with Gasteiger partial charge < -0.3 is 15.0 Å². The molecule has 0 saturated heterocycles. The highest BCUT2D eigenvalue weighted by molar-refractivity contribution is 8.00. The number of ether oxygens (including phenoxy) is 1. The summed E-state index contributed by atoms with van der Waals surface area (Å²) in [6.45, 7) is 6.04. The Kier molecular flexibility index (Phi) is 5.69. The standard InChI is InChI=1S/C22H24N2O3S2/c1-4-27-22(26)18-15-9-7-11-17(15)29-21(18)24-20(25)13(3)28-19-12(2)23-16-10-6-5-8-14(16)19/h5-6,8,10,13,23H,4,7,9,11H2,1-3H3,(H,24,25)/t13-/m1/s1. The van der Waals surface area contributed by atoms with Gasteiger partial charge in [-0.1, -0.05) is 18.2 Å². The molecule has 0 spiro atoms. The van der Waals surface area contributed by atoms with Crippen LogP contribution >= 0.6 is 23.1 Å². The molecule has 0 bridgehead atoms. The van der Waals surface area contributed by atoms with Gasteiger partial charge in [-0.15, -0.1) is 23.1 Å². The number of carbonyl (C=O) groups is 2. The molecule has 0 fully saturated rings. The number of rotatable bonds is 6. The van der Waals surface area contributed by atoms with Crippen LogP contribution in [0.2, 0.25) is 0 Å². The molecule has 1 aliphatic rings. The summed E-state index contributed by atoms with van der Waals surface area (Å²) < 4.78 is 5.25. The number of benzene rings is 1. The van der Waals surface area contributed by atoms with Crippen LogP contribution in [-0.2, 0) is 22.4 Å². The highest BCUT2D eigenvalue weighted by Crippen LogP contribution is 2.40. The van der Waals surface area contributed by atoms with Crippen LogP contribution in [0.15, 0.2) is 29.2 Å². The number of anilines is 1. The first-order valence-electron chi connectivity index (χ1n) is 9.86. The molecule has 2 N–H and O–H groups in total. The number of hydrogen-bond acceptors (Lipinski definition) is 5. The van der Waals surface area contributed by atoms with E-state index in [-0.39, 0.29) is 17.1 Å². The van der Waals surface area contributed by atoms with E-state index >= 15 is 0 Å². The molecule has 3 aromatic rings. The van der Waals surface area contributed by atoms with Crippen molar-refractivity contribution in [3.05, 3.63) is 46.0 Å². The molecule has 2 aromatic heterocycles. The van der Waals surface area contributed by atoms with Crippen molar-refractivity contribution in [2.24, 2.45) is 0 Å². The zero-order valence-corrected chi connectivity index (χ0v) is 18.4. The first-order chi connectivity index (χ1) is 14.0. The van der Waals surface area contributed by atoms with Crippen molar-refractivity contribution in [1.82, 2.24) is 4.98 Å². The van der Waals surface area contributed by atoms with Gasteiger partial charge in [-0.05, 0) is 51.7 Å². The Morgan fingerprint density at radius 3 is 2.90 bits per heavy atom. The van der Waals surface area contributed by atoms with Gasteiger partial charge >= 0.3 is 5.97 Å². The van der Waals surface area contributed by atoms with E-state index in [1.54, 1.807) is 6.92 Å². The van der Waals surface area contributed by atoms with E-state index in [1.165, 1.54) is 28.0 Å². The summed E-state index contributed by atoms with van der Waals surface area (Å²) in [4.78, 5) is 31.1. The predicted octanol–water partition coefficient (Wildman–Crippen LogP) is 5.32. The number of thiophene rings is 1. The van der Waals surface area contributed by atoms with Gasteiger partial charge in [0.15, 0.2) is 0 Å². The van der Waals surface area contributed by atoms with Crippen LogP contribution in [0.5, 0.6) is 0 Å². The summed E-state index contributed by atoms with van der Waals surface area (Å²) in [5.41, 5.74) is 3.73. The van der Waals surface area contributed by atoms with Gasteiger partial charge in [0, 0.05) is 26.4 Å². The van der Waals surface area contributed by atoms with E-state index in [9.17, 15) is 9.59 Å². The second-order valence-corrected chi connectivity index (χ2v) is 9.61. The molecule has 2 heterocycles. The van der Waals surface area contributed by atoms with E-state index in [1.807, 2.05) is 32.0 Å². The summed E-state index contributed by atoms with van der Waals surface area (Å²) in [6.07, 6.45) is 2.88. The number of amides is 1. The number of aromatic nitrogens is 1. The second-order valence-electron chi connectivity index (χ2n) is 7.16. The predicted molar refractivity (Wildman–Crippen MR) is 119 cm³/mol. The lowest BCUT2D eigenvalue weighted by Gasteiger charge is -2.13. The number of carbonyl (C=O) groups excluding carboxylic acids is 2. The topological polar surface area (TPSA) is 71.2 Å². The van der Waals surface area contributed by atoms with Crippen LogP contribution in [-0.4, -0.2) is 28.7 Å². The zero-order valence-electron chi connectivity index (χ0n) is 16.8. The first-order valence-corrected chi connectivity index (χ1v) is 11.6. The van der Waals surface area contributed by atoms with E-state index in [4.69, 9.17) is 4.74 Å². The maximum atomic E-state index is 13.0. The zero-order chi connectivity index (χ0) is 20.5. The summed E-state index contributed by atoms with van der Waals surface area (Å²) >= 11 is 3.05. The Balaban J connectivity index is 1.55. The number of aromatic amines is 1. The quantitative estimate of drug-likeness (QED) is 0.412. The minimum atomic E-state index is -0.338. The van der Waals surface area contributed by atoms with Gasteiger partial charge in [0.2, 0.25) is 5.91 Å². The van der Waals surface area contributed by atoms with Crippen molar-refractivity contribution in [3.8, 4) is 0 Å². The SMILES string of the molecule is CCOC(=O)c1c(NC(=O)[C@@H](C)Sc2c(C)[nH]c3ccccc23)sc2c1CCC2. The third-order valence-electron chi connectivity index (χ3n) is 5.14. The van der Waals surface area contributed by atoms with E-state index < -0.39 is 0 Å². The van der Waals surface area contributed by atoms with Crippen molar-refractivity contribution < 1.29 is 14.3 Å². The van der Waals surface area contributed by atoms with Crippen molar-refractivity contribution >= 4 is 50.9 Å². The minimum absolute atomic E-state index is 0.106. The minimum Gasteiger partial charge on any atom is -0.462 e. The average molecular weight is 429 g/mol. The van der Waals surface area contributed by atoms with Crippen LogP contribution in [0, 0.1) is 6.92 Å². The van der Waals surface area contributed by atoms with Gasteiger partial charge in [0.05, 0.1) is 17.4 Å². The maximum Gasteiger partial charge on any atom is 0.341 e. The maximum absolute atomic E-state index is 13.0. The average Bonchev–Trinajstić information content (AvgIpc) is 3.35. The van der Waals surface area contributed by atoms with Crippen LogP contribution in [0.1, 0.15) is 46.8 Å². The molecule has 1 amide bonds. The first kappa shape index (κ1) is 20.0. The molecule has 152 valence electrons. The van der Waals surface area contributed by atoms with Crippen LogP contribution in [0.25, 0.3) is 10.9 Å². The molecular weight excluding hydrogens is 404 g/mol. The van der Waals surface area contributed by atoms with E-state index in [0.29, 0.717) is 17.2 Å². The normalized spacial score (nSPS) is 14.0. The third kappa shape index (κ3) is 3.81. The fourth-order valence-electron chi connectivity index (χ4n) is 3.76. The lowest BCUT2D eigenvalue weighted by atomic mass is 10.1. The number of hydrogen-bond donors (Lipinski definition) is 2. The Hall–Kier alpha value is -2.25. The van der Waals surface area contributed by atoms with Crippen molar-refractivity contribution in [3.63, 3.8) is 0 Å². The molecule has 0 saturated carbocycles. The molecule has 1 atom stereocenters. The highest BCUT2D eigenvalue weighted by atomic mass is 32.2. The molecule has 1 aliphatic carbocycles. The third-order valence-corrected chi connectivity index (χ3v) is 7.67. The van der Waals surface area contributed by atoms with E-state index in [0.717, 1.165) is 46.3 Å². The largest absolute Gasteiger partial charge is 0.462 e. The molecule has 4 rings (SSSR count). The molecule has 0 radical (unpaired) electrons. The van der Waals surface area contributed by atoms with Crippen LogP contribution < -0.4 is 5.32 Å². The molecule has 0 unspecified atom stereocenters. The lowest BCUT2D eigenvalue weighted by molar-refractivity contribution is -0.115. The van der Waals surface area contributed by atoms with Crippen LogP contribution in [0.3, 0.4) is 0 Å². The van der Waals surface area contributed by atoms with Gasteiger partial charge in [-0.3, -0.25) is 4.79 Å². The molecule has 7 heteroatoms. The lowest BCUT2D eigenvalue weighted by Crippen LogP contribution is -2.23. The monoisotopic (exact) mass is 428 g/mol. The number of nitrogens with one attached hydrogen (secondary N) is 2. The molecule has 1 aromatic carbocycles. The van der Waals surface area contributed by atoms with Gasteiger partial charge in [-0.2, -0.15) is 0 Å². The number of esters is 1. The number of para-hydroxylation sites is 1. The summed E-state index contributed by atoms with van der Waals surface area (Å²) in [6, 6.07) is 8.10. The molecule has 0 aliphatic heterocycles. The Bertz CT molecular complexity index is 1080. The fourth-order valence-corrected chi connectivity index (χ4v) is 6.09. The Morgan fingerprint density at radius 1 is 1.31 bits per heavy atom. The Labute approximate surface area is 178 Å². The van der Waals surface area contributed by atoms with E-state index in [2.05, 4.69) is 16.4 Å². The van der Waals surface area contributed by atoms with Crippen molar-refractivity contribution in [2.75, 3.05) is 11.9 Å². The highest BCUT2D eigenvalue weighted by Gasteiger charge is 2.29. The molecule has 5 nitrogen and oxygen atoms in total. The summed E-state index contributed by atoms with van der Waals surface area (Å²) in [5.74, 6) is -0.444. The number of fused-ring (bicyclic) bond motifs is 2. The van der Waals surface area contributed by atoms with Crippen molar-refractivity contribution in [1.29, 1.82) is 0 Å². The summed E-state index contributed by atoms with van der Waals surface area (Å²) in [7, 11) is 0. The number of H-pyrrole nitrogens is 1.